The highest BCUT2D eigenvalue weighted by Gasteiger charge is 2.10. The lowest BCUT2D eigenvalue weighted by molar-refractivity contribution is 0.195. The number of nitrogens with two attached hydrogens (primary N) is 1. The first-order chi connectivity index (χ1) is 6.49. The van der Waals surface area contributed by atoms with Crippen LogP contribution in [0.1, 0.15) is 13.8 Å². The number of hydrogen-bond donors (Lipinski definition) is 1. The molecule has 0 spiro atoms. The van der Waals surface area contributed by atoms with Gasteiger partial charge in [0.15, 0.2) is 0 Å². The molecule has 0 saturated heterocycles. The fraction of sp³-hybridized carbons (Fsp3) is 0.400. The van der Waals surface area contributed by atoms with Gasteiger partial charge in [-0.2, -0.15) is 0 Å². The molecule has 2 atom stereocenters. The Morgan fingerprint density at radius 2 is 1.64 bits per heavy atom. The van der Waals surface area contributed by atoms with Gasteiger partial charge in [0.1, 0.15) is 23.5 Å². The molecule has 0 fully saturated rings. The van der Waals surface area contributed by atoms with Crippen molar-refractivity contribution in [2.75, 3.05) is 0 Å². The van der Waals surface area contributed by atoms with Crippen LogP contribution in [0.5, 0.6) is 5.75 Å². The Labute approximate surface area is 81.7 Å². The largest absolute Gasteiger partial charge is 0.489 e. The first kappa shape index (κ1) is 10.9. The first-order valence-corrected chi connectivity index (χ1v) is 4.37. The Balaban J connectivity index is 2.76. The molecule has 0 heterocycles. The second kappa shape index (κ2) is 4.37. The summed E-state index contributed by atoms with van der Waals surface area (Å²) in [6.07, 6.45) is -0.281. The van der Waals surface area contributed by atoms with Gasteiger partial charge in [0.2, 0.25) is 0 Å². The molecule has 2 nitrogen and oxygen atoms in total. The summed E-state index contributed by atoms with van der Waals surface area (Å²) in [4.78, 5) is 0. The maximum atomic E-state index is 12.7. The van der Waals surface area contributed by atoms with E-state index >= 15 is 0 Å². The molecule has 0 aromatic heterocycles. The molecule has 78 valence electrons. The quantitative estimate of drug-likeness (QED) is 0.812. The van der Waals surface area contributed by atoms with Gasteiger partial charge in [-0.15, -0.1) is 0 Å². The maximum absolute atomic E-state index is 12.7. The van der Waals surface area contributed by atoms with Crippen LogP contribution in [0.15, 0.2) is 18.2 Å². The Hall–Kier alpha value is -1.16. The lowest BCUT2D eigenvalue weighted by atomic mass is 10.2. The Morgan fingerprint density at radius 1 is 1.14 bits per heavy atom. The zero-order chi connectivity index (χ0) is 10.7. The summed E-state index contributed by atoms with van der Waals surface area (Å²) in [7, 11) is 0. The van der Waals surface area contributed by atoms with E-state index in [9.17, 15) is 8.78 Å². The van der Waals surface area contributed by atoms with Crippen LogP contribution >= 0.6 is 0 Å². The van der Waals surface area contributed by atoms with Gasteiger partial charge in [0.25, 0.3) is 0 Å². The minimum absolute atomic E-state index is 0.160. The van der Waals surface area contributed by atoms with Crippen molar-refractivity contribution in [2.24, 2.45) is 5.73 Å². The van der Waals surface area contributed by atoms with Crippen molar-refractivity contribution < 1.29 is 13.5 Å². The van der Waals surface area contributed by atoms with Gasteiger partial charge in [-0.3, -0.25) is 0 Å². The number of rotatable bonds is 3. The highest BCUT2D eigenvalue weighted by Crippen LogP contribution is 2.17. The van der Waals surface area contributed by atoms with E-state index < -0.39 is 11.6 Å². The number of hydrogen-bond acceptors (Lipinski definition) is 2. The van der Waals surface area contributed by atoms with Gasteiger partial charge in [-0.25, -0.2) is 8.78 Å². The van der Waals surface area contributed by atoms with Gasteiger partial charge in [-0.1, -0.05) is 0 Å². The van der Waals surface area contributed by atoms with Gasteiger partial charge < -0.3 is 10.5 Å². The van der Waals surface area contributed by atoms with Crippen LogP contribution in [0.4, 0.5) is 8.78 Å². The van der Waals surface area contributed by atoms with Crippen molar-refractivity contribution in [2.45, 2.75) is 26.0 Å². The highest BCUT2D eigenvalue weighted by molar-refractivity contribution is 5.24. The average Bonchev–Trinajstić information content (AvgIpc) is 2.01. The molecule has 0 aliphatic heterocycles. The Kier molecular flexibility index (Phi) is 3.41. The summed E-state index contributed by atoms with van der Waals surface area (Å²) in [5, 5.41) is 0. The van der Waals surface area contributed by atoms with Gasteiger partial charge in [0, 0.05) is 24.2 Å². The van der Waals surface area contributed by atoms with Crippen LogP contribution in [0.2, 0.25) is 0 Å². The van der Waals surface area contributed by atoms with Crippen molar-refractivity contribution in [3.05, 3.63) is 29.8 Å². The van der Waals surface area contributed by atoms with Crippen molar-refractivity contribution in [1.29, 1.82) is 0 Å². The van der Waals surface area contributed by atoms with Crippen molar-refractivity contribution >= 4 is 0 Å². The molecule has 4 heteroatoms. The molecular formula is C10H13F2NO. The fourth-order valence-electron chi connectivity index (χ4n) is 0.919. The summed E-state index contributed by atoms with van der Waals surface area (Å²) in [5.74, 6) is -1.15. The van der Waals surface area contributed by atoms with Crippen molar-refractivity contribution in [3.8, 4) is 5.75 Å². The summed E-state index contributed by atoms with van der Waals surface area (Å²) in [5.41, 5.74) is 5.55. The average molecular weight is 201 g/mol. The van der Waals surface area contributed by atoms with E-state index in [1.54, 1.807) is 13.8 Å². The SMILES string of the molecule is CC(Oc1cc(F)cc(F)c1)[C@H](C)N. The molecule has 0 saturated carbocycles. The third-order valence-electron chi connectivity index (χ3n) is 1.90. The lowest BCUT2D eigenvalue weighted by Gasteiger charge is -2.17. The predicted octanol–water partition coefficient (Wildman–Crippen LogP) is 2.08. The molecule has 0 radical (unpaired) electrons. The number of benzene rings is 1. The van der Waals surface area contributed by atoms with E-state index in [0.29, 0.717) is 0 Å². The van der Waals surface area contributed by atoms with Crippen molar-refractivity contribution in [3.63, 3.8) is 0 Å². The third kappa shape index (κ3) is 2.96. The summed E-state index contributed by atoms with van der Waals surface area (Å²) in [6.45, 7) is 3.51. The van der Waals surface area contributed by atoms with Crippen LogP contribution < -0.4 is 10.5 Å². The molecular weight excluding hydrogens is 188 g/mol. The van der Waals surface area contributed by atoms with E-state index in [4.69, 9.17) is 10.5 Å². The minimum Gasteiger partial charge on any atom is -0.489 e. The summed E-state index contributed by atoms with van der Waals surface area (Å²) >= 11 is 0. The normalized spacial score (nSPS) is 14.9. The zero-order valence-corrected chi connectivity index (χ0v) is 8.13. The van der Waals surface area contributed by atoms with E-state index in [-0.39, 0.29) is 17.9 Å². The van der Waals surface area contributed by atoms with Gasteiger partial charge in [0.05, 0.1) is 0 Å². The third-order valence-corrected chi connectivity index (χ3v) is 1.90. The molecule has 1 rings (SSSR count). The Bertz CT molecular complexity index is 295. The molecule has 14 heavy (non-hydrogen) atoms. The van der Waals surface area contributed by atoms with E-state index in [2.05, 4.69) is 0 Å². The van der Waals surface area contributed by atoms with Crippen LogP contribution in [-0.4, -0.2) is 12.1 Å². The van der Waals surface area contributed by atoms with Crippen LogP contribution in [0.3, 0.4) is 0 Å². The lowest BCUT2D eigenvalue weighted by Crippen LogP contribution is -2.33. The highest BCUT2D eigenvalue weighted by atomic mass is 19.1. The molecule has 0 bridgehead atoms. The van der Waals surface area contributed by atoms with E-state index in [1.165, 1.54) is 0 Å². The molecule has 1 aromatic carbocycles. The smallest absolute Gasteiger partial charge is 0.129 e. The summed E-state index contributed by atoms with van der Waals surface area (Å²) in [6, 6.07) is 2.86. The molecule has 0 aliphatic carbocycles. The van der Waals surface area contributed by atoms with Crippen molar-refractivity contribution in [1.82, 2.24) is 0 Å². The Morgan fingerprint density at radius 3 is 2.07 bits per heavy atom. The van der Waals surface area contributed by atoms with E-state index in [0.717, 1.165) is 18.2 Å². The maximum Gasteiger partial charge on any atom is 0.129 e. The molecule has 0 aliphatic rings. The molecule has 2 N–H and O–H groups in total. The predicted molar refractivity (Wildman–Crippen MR) is 50.1 cm³/mol. The molecule has 0 amide bonds. The van der Waals surface area contributed by atoms with Gasteiger partial charge >= 0.3 is 0 Å². The second-order valence-corrected chi connectivity index (χ2v) is 3.29. The van der Waals surface area contributed by atoms with Gasteiger partial charge in [-0.05, 0) is 13.8 Å². The van der Waals surface area contributed by atoms with Crippen LogP contribution in [-0.2, 0) is 0 Å². The summed E-state index contributed by atoms with van der Waals surface area (Å²) < 4.78 is 30.7. The first-order valence-electron chi connectivity index (χ1n) is 4.37. The van der Waals surface area contributed by atoms with Crippen LogP contribution in [0.25, 0.3) is 0 Å². The fourth-order valence-corrected chi connectivity index (χ4v) is 0.919. The van der Waals surface area contributed by atoms with Crippen LogP contribution in [0, 0.1) is 11.6 Å². The molecule has 1 aromatic rings. The number of ether oxygens (including phenoxy) is 1. The number of halogens is 2. The van der Waals surface area contributed by atoms with E-state index in [1.807, 2.05) is 0 Å². The monoisotopic (exact) mass is 201 g/mol. The zero-order valence-electron chi connectivity index (χ0n) is 8.13. The standard InChI is InChI=1S/C10H13F2NO/c1-6(13)7(2)14-10-4-8(11)3-9(12)5-10/h3-7H,13H2,1-2H3/t6-,7?/m0/s1. The minimum atomic E-state index is -0.656. The second-order valence-electron chi connectivity index (χ2n) is 3.29. The molecule has 1 unspecified atom stereocenters. The topological polar surface area (TPSA) is 35.2 Å².